The fourth-order valence-electron chi connectivity index (χ4n) is 9.70. The molecule has 1 aliphatic heterocycles. The Kier molecular flexibility index (Phi) is 6.29. The van der Waals surface area contributed by atoms with Gasteiger partial charge in [0.05, 0.1) is 30.3 Å². The molecule has 5 nitrogen and oxygen atoms in total. The van der Waals surface area contributed by atoms with Crippen molar-refractivity contribution in [3.63, 3.8) is 0 Å². The highest BCUT2D eigenvalue weighted by Crippen LogP contribution is 2.68. The predicted molar refractivity (Wildman–Crippen MR) is 151 cm³/mol. The number of hydrogen-bond acceptors (Lipinski definition) is 5. The summed E-state index contributed by atoms with van der Waals surface area (Å²) in [5.74, 6) is 0.735. The standard InChI is InChI=1S/C34H45NO4/c1-22(2)23-6-8-24(9-7-23)26-18-31(5)27(12-15-34(31,37)16-17-35)25-10-14-33(36)20-32(13-11-28(33)29(25)26)19-30(3,4)21-38-39-32/h6-9,25-27,36-37H,1,10-16,18-21H2,2-5H3/t25-,26+,27-,31-,32?,33+,34+/m0/s1. The molecule has 5 heteroatoms. The highest BCUT2D eigenvalue weighted by molar-refractivity contribution is 5.61. The van der Waals surface area contributed by atoms with Gasteiger partial charge in [0, 0.05) is 17.8 Å². The molecule has 7 atom stereocenters. The molecule has 2 N–H and O–H groups in total. The first-order chi connectivity index (χ1) is 18.3. The van der Waals surface area contributed by atoms with Crippen LogP contribution in [-0.2, 0) is 9.78 Å². The number of allylic oxidation sites excluding steroid dienone is 2. The fourth-order valence-corrected chi connectivity index (χ4v) is 9.70. The van der Waals surface area contributed by atoms with E-state index in [0.717, 1.165) is 49.7 Å². The van der Waals surface area contributed by atoms with Crippen LogP contribution in [0.25, 0.3) is 5.57 Å². The van der Waals surface area contributed by atoms with Gasteiger partial charge in [-0.1, -0.05) is 62.8 Å². The van der Waals surface area contributed by atoms with Gasteiger partial charge in [-0.05, 0) is 92.2 Å². The maximum absolute atomic E-state index is 12.4. The largest absolute Gasteiger partial charge is 0.388 e. The van der Waals surface area contributed by atoms with E-state index in [4.69, 9.17) is 9.78 Å². The second kappa shape index (κ2) is 9.02. The van der Waals surface area contributed by atoms with Gasteiger partial charge >= 0.3 is 0 Å². The van der Waals surface area contributed by atoms with Crippen molar-refractivity contribution in [1.82, 2.24) is 0 Å². The summed E-state index contributed by atoms with van der Waals surface area (Å²) in [6.07, 6.45) is 7.34. The van der Waals surface area contributed by atoms with E-state index in [1.807, 2.05) is 6.92 Å². The smallest absolute Gasteiger partial charge is 0.108 e. The molecule has 0 radical (unpaired) electrons. The van der Waals surface area contributed by atoms with Crippen molar-refractivity contribution in [3.8, 4) is 6.07 Å². The molecule has 1 aromatic rings. The Morgan fingerprint density at radius 1 is 1.08 bits per heavy atom. The van der Waals surface area contributed by atoms with Crippen LogP contribution in [0.5, 0.6) is 0 Å². The Morgan fingerprint density at radius 3 is 2.49 bits per heavy atom. The quantitative estimate of drug-likeness (QED) is 0.324. The number of hydrogen-bond donors (Lipinski definition) is 2. The molecule has 4 aliphatic carbocycles. The van der Waals surface area contributed by atoms with Crippen LogP contribution in [0, 0.1) is 34.0 Å². The second-order valence-corrected chi connectivity index (χ2v) is 14.7. The lowest BCUT2D eigenvalue weighted by atomic mass is 9.49. The molecule has 0 aromatic heterocycles. The number of aliphatic hydroxyl groups is 2. The van der Waals surface area contributed by atoms with Gasteiger partial charge < -0.3 is 10.2 Å². The Morgan fingerprint density at radius 2 is 1.82 bits per heavy atom. The number of fused-ring (bicyclic) bond motifs is 4. The Balaban J connectivity index is 1.45. The van der Waals surface area contributed by atoms with Gasteiger partial charge in [0.25, 0.3) is 0 Å². The number of benzene rings is 1. The first-order valence-electron chi connectivity index (χ1n) is 15.0. The Labute approximate surface area is 233 Å². The number of rotatable bonds is 3. The molecule has 1 heterocycles. The maximum atomic E-state index is 12.4. The molecule has 39 heavy (non-hydrogen) atoms. The van der Waals surface area contributed by atoms with Crippen molar-refractivity contribution in [2.75, 3.05) is 6.61 Å². The van der Waals surface area contributed by atoms with E-state index in [0.29, 0.717) is 37.7 Å². The zero-order valence-corrected chi connectivity index (χ0v) is 24.2. The number of nitrogens with zero attached hydrogens (tertiary/aromatic N) is 1. The van der Waals surface area contributed by atoms with Crippen LogP contribution in [0.1, 0.15) is 109 Å². The molecule has 1 unspecified atom stereocenters. The van der Waals surface area contributed by atoms with Gasteiger partial charge in [-0.25, -0.2) is 9.78 Å². The molecule has 1 aromatic carbocycles. The summed E-state index contributed by atoms with van der Waals surface area (Å²) in [5.41, 5.74) is 3.41. The van der Waals surface area contributed by atoms with Crippen LogP contribution in [-0.4, -0.2) is 33.6 Å². The van der Waals surface area contributed by atoms with E-state index in [1.54, 1.807) is 0 Å². The van der Waals surface area contributed by atoms with Crippen molar-refractivity contribution in [2.45, 2.75) is 115 Å². The van der Waals surface area contributed by atoms with E-state index in [-0.39, 0.29) is 23.2 Å². The van der Waals surface area contributed by atoms with Gasteiger partial charge in [0.2, 0.25) is 0 Å². The normalized spacial score (nSPS) is 42.8. The summed E-state index contributed by atoms with van der Waals surface area (Å²) in [6, 6.07) is 11.1. The zero-order valence-electron chi connectivity index (χ0n) is 24.2. The molecule has 1 spiro atoms. The molecule has 3 saturated carbocycles. The van der Waals surface area contributed by atoms with Gasteiger partial charge in [0.15, 0.2) is 0 Å². The SMILES string of the molecule is C=C(C)c1ccc([C@H]2C[C@@]3(C)[C@@H](CC[C@@]3(O)CC#N)[C@@H]3CC[C@@]4(O)CC5(CCC4=C32)CC(C)(C)COO5)cc1. The van der Waals surface area contributed by atoms with Gasteiger partial charge in [-0.2, -0.15) is 5.26 Å². The minimum atomic E-state index is -0.970. The first kappa shape index (κ1) is 27.2. The Hall–Kier alpha value is -1.97. The fraction of sp³-hybridized carbons (Fsp3) is 0.676. The molecule has 210 valence electrons. The van der Waals surface area contributed by atoms with E-state index >= 15 is 0 Å². The molecule has 0 amide bonds. The van der Waals surface area contributed by atoms with Crippen molar-refractivity contribution < 1.29 is 20.0 Å². The minimum Gasteiger partial charge on any atom is -0.388 e. The van der Waals surface area contributed by atoms with Crippen molar-refractivity contribution in [3.05, 3.63) is 53.1 Å². The van der Waals surface area contributed by atoms with E-state index < -0.39 is 16.8 Å². The molecule has 1 saturated heterocycles. The van der Waals surface area contributed by atoms with Crippen LogP contribution >= 0.6 is 0 Å². The highest BCUT2D eigenvalue weighted by atomic mass is 17.2. The third kappa shape index (κ3) is 4.17. The average molecular weight is 532 g/mol. The monoisotopic (exact) mass is 531 g/mol. The van der Waals surface area contributed by atoms with E-state index in [2.05, 4.69) is 57.7 Å². The van der Waals surface area contributed by atoms with Crippen molar-refractivity contribution in [1.29, 1.82) is 5.26 Å². The topological polar surface area (TPSA) is 82.7 Å². The lowest BCUT2D eigenvalue weighted by molar-refractivity contribution is -0.414. The van der Waals surface area contributed by atoms with Crippen LogP contribution in [0.3, 0.4) is 0 Å². The first-order valence-corrected chi connectivity index (χ1v) is 15.0. The molecular formula is C34H45NO4. The highest BCUT2D eigenvalue weighted by Gasteiger charge is 2.64. The van der Waals surface area contributed by atoms with E-state index in [9.17, 15) is 15.5 Å². The van der Waals surface area contributed by atoms with Gasteiger partial charge in [0.1, 0.15) is 5.60 Å². The third-order valence-electron chi connectivity index (χ3n) is 11.5. The lowest BCUT2D eigenvalue weighted by Gasteiger charge is -2.58. The molecular weight excluding hydrogens is 486 g/mol. The summed E-state index contributed by atoms with van der Waals surface area (Å²) < 4.78 is 0. The van der Waals surface area contributed by atoms with Crippen LogP contribution < -0.4 is 0 Å². The average Bonchev–Trinajstić information content (AvgIpc) is 3.12. The summed E-state index contributed by atoms with van der Waals surface area (Å²) in [7, 11) is 0. The number of nitriles is 1. The van der Waals surface area contributed by atoms with Crippen molar-refractivity contribution >= 4 is 5.57 Å². The minimum absolute atomic E-state index is 0.0196. The summed E-state index contributed by atoms with van der Waals surface area (Å²) in [5, 5.41) is 33.9. The Bertz CT molecular complexity index is 1240. The molecule has 6 rings (SSSR count). The van der Waals surface area contributed by atoms with Gasteiger partial charge in [-0.3, -0.25) is 0 Å². The maximum Gasteiger partial charge on any atom is 0.108 e. The van der Waals surface area contributed by atoms with Crippen molar-refractivity contribution in [2.24, 2.45) is 22.7 Å². The lowest BCUT2D eigenvalue weighted by Crippen LogP contribution is -2.57. The van der Waals surface area contributed by atoms with Gasteiger partial charge in [-0.15, -0.1) is 0 Å². The summed E-state index contributed by atoms with van der Waals surface area (Å²) >= 11 is 0. The van der Waals surface area contributed by atoms with Crippen LogP contribution in [0.2, 0.25) is 0 Å². The molecule has 5 aliphatic rings. The second-order valence-electron chi connectivity index (χ2n) is 14.7. The molecule has 0 bridgehead atoms. The molecule has 4 fully saturated rings. The summed E-state index contributed by atoms with van der Waals surface area (Å²) in [4.78, 5) is 11.7. The van der Waals surface area contributed by atoms with Crippen LogP contribution in [0.15, 0.2) is 42.0 Å². The van der Waals surface area contributed by atoms with E-state index in [1.165, 1.54) is 16.7 Å². The predicted octanol–water partition coefficient (Wildman–Crippen LogP) is 7.01. The zero-order chi connectivity index (χ0) is 27.8. The third-order valence-corrected chi connectivity index (χ3v) is 11.5. The summed E-state index contributed by atoms with van der Waals surface area (Å²) in [6.45, 7) is 13.4. The van der Waals surface area contributed by atoms with Crippen LogP contribution in [0.4, 0.5) is 0 Å².